The summed E-state index contributed by atoms with van der Waals surface area (Å²) in [6, 6.07) is 13.9. The summed E-state index contributed by atoms with van der Waals surface area (Å²) >= 11 is 0. The second-order valence-corrected chi connectivity index (χ2v) is 10.1. The van der Waals surface area contributed by atoms with Crippen LogP contribution < -0.4 is 14.4 Å². The largest absolute Gasteiger partial charge is 0.494 e. The molecule has 0 bridgehead atoms. The Balaban J connectivity index is 2.13. The molecule has 0 radical (unpaired) electrons. The van der Waals surface area contributed by atoms with E-state index in [1.54, 1.807) is 31.2 Å². The van der Waals surface area contributed by atoms with Crippen LogP contribution >= 0.6 is 0 Å². The molecule has 0 unspecified atom stereocenters. The van der Waals surface area contributed by atoms with Crippen molar-refractivity contribution in [2.24, 2.45) is 0 Å². The Morgan fingerprint density at radius 3 is 2.35 bits per heavy atom. The molecule has 0 saturated heterocycles. The molecule has 2 aromatic rings. The predicted molar refractivity (Wildman–Crippen MR) is 134 cm³/mol. The van der Waals surface area contributed by atoms with Crippen molar-refractivity contribution in [2.45, 2.75) is 46.2 Å². The molecule has 0 saturated carbocycles. The molecule has 2 amide bonds. The molecule has 186 valence electrons. The minimum atomic E-state index is -3.54. The molecule has 34 heavy (non-hydrogen) atoms. The van der Waals surface area contributed by atoms with Gasteiger partial charge in [0.1, 0.15) is 11.8 Å². The highest BCUT2D eigenvalue weighted by atomic mass is 32.2. The van der Waals surface area contributed by atoms with Gasteiger partial charge in [-0.3, -0.25) is 13.9 Å². The minimum Gasteiger partial charge on any atom is -0.494 e. The Morgan fingerprint density at radius 1 is 1.12 bits per heavy atom. The SMILES string of the molecule is CCOc1ccc(N(CCCC(=O)N(Cc2cccc(C)c2)[C@H](C)C(=O)NC)S(C)(=O)=O)cc1. The summed E-state index contributed by atoms with van der Waals surface area (Å²) in [4.78, 5) is 27.0. The van der Waals surface area contributed by atoms with Crippen LogP contribution in [0.3, 0.4) is 0 Å². The molecule has 2 aromatic carbocycles. The Hall–Kier alpha value is -3.07. The summed E-state index contributed by atoms with van der Waals surface area (Å²) in [6.45, 7) is 6.49. The van der Waals surface area contributed by atoms with Crippen molar-refractivity contribution >= 4 is 27.5 Å². The fourth-order valence-corrected chi connectivity index (χ4v) is 4.64. The van der Waals surface area contributed by atoms with Gasteiger partial charge in [-0.25, -0.2) is 8.42 Å². The number of carbonyl (C=O) groups excluding carboxylic acids is 2. The summed E-state index contributed by atoms with van der Waals surface area (Å²) in [5.41, 5.74) is 2.50. The number of ether oxygens (including phenoxy) is 1. The molecule has 0 aliphatic rings. The highest BCUT2D eigenvalue weighted by Gasteiger charge is 2.26. The van der Waals surface area contributed by atoms with Crippen LogP contribution in [-0.4, -0.2) is 57.6 Å². The maximum absolute atomic E-state index is 13.1. The highest BCUT2D eigenvalue weighted by Crippen LogP contribution is 2.22. The Bertz CT molecular complexity index is 1070. The monoisotopic (exact) mass is 489 g/mol. The van der Waals surface area contributed by atoms with Crippen LogP contribution in [0.5, 0.6) is 5.75 Å². The van der Waals surface area contributed by atoms with Gasteiger partial charge in [0.2, 0.25) is 21.8 Å². The lowest BCUT2D eigenvalue weighted by Gasteiger charge is -2.29. The number of nitrogens with one attached hydrogen (secondary N) is 1. The molecular formula is C25H35N3O5S. The number of aryl methyl sites for hydroxylation is 1. The Kier molecular flexibility index (Phi) is 9.92. The number of rotatable bonds is 12. The summed E-state index contributed by atoms with van der Waals surface area (Å²) in [7, 11) is -2.01. The first kappa shape index (κ1) is 27.2. The van der Waals surface area contributed by atoms with Crippen LogP contribution in [0, 0.1) is 6.92 Å². The molecule has 0 spiro atoms. The van der Waals surface area contributed by atoms with Crippen molar-refractivity contribution in [1.82, 2.24) is 10.2 Å². The molecular weight excluding hydrogens is 454 g/mol. The molecule has 0 aliphatic heterocycles. The van der Waals surface area contributed by atoms with E-state index >= 15 is 0 Å². The van der Waals surface area contributed by atoms with E-state index < -0.39 is 16.1 Å². The molecule has 9 heteroatoms. The van der Waals surface area contributed by atoms with Gasteiger partial charge < -0.3 is 15.0 Å². The fraction of sp³-hybridized carbons (Fsp3) is 0.440. The van der Waals surface area contributed by atoms with Gasteiger partial charge >= 0.3 is 0 Å². The molecule has 2 rings (SSSR count). The zero-order valence-corrected chi connectivity index (χ0v) is 21.4. The maximum atomic E-state index is 13.1. The number of nitrogens with zero attached hydrogens (tertiary/aromatic N) is 2. The van der Waals surface area contributed by atoms with Crippen LogP contribution in [0.15, 0.2) is 48.5 Å². The van der Waals surface area contributed by atoms with Gasteiger partial charge in [-0.1, -0.05) is 29.8 Å². The van der Waals surface area contributed by atoms with Crippen molar-refractivity contribution in [2.75, 3.05) is 30.8 Å². The van der Waals surface area contributed by atoms with E-state index in [1.165, 1.54) is 16.3 Å². The number of hydrogen-bond acceptors (Lipinski definition) is 5. The van der Waals surface area contributed by atoms with Gasteiger partial charge in [-0.05, 0) is 57.0 Å². The zero-order valence-electron chi connectivity index (χ0n) is 20.6. The number of sulfonamides is 1. The zero-order chi connectivity index (χ0) is 25.3. The number of carbonyl (C=O) groups is 2. The van der Waals surface area contributed by atoms with Crippen LogP contribution in [0.4, 0.5) is 5.69 Å². The third-order valence-electron chi connectivity index (χ3n) is 5.44. The second kappa shape index (κ2) is 12.4. The number of anilines is 1. The molecule has 1 N–H and O–H groups in total. The fourth-order valence-electron chi connectivity index (χ4n) is 3.68. The molecule has 0 fully saturated rings. The first-order valence-corrected chi connectivity index (χ1v) is 13.2. The number of hydrogen-bond donors (Lipinski definition) is 1. The third kappa shape index (κ3) is 7.76. The molecule has 0 aromatic heterocycles. The quantitative estimate of drug-likeness (QED) is 0.494. The van der Waals surface area contributed by atoms with Gasteiger partial charge in [0.25, 0.3) is 0 Å². The van der Waals surface area contributed by atoms with Gasteiger partial charge in [-0.15, -0.1) is 0 Å². The number of amides is 2. The van der Waals surface area contributed by atoms with E-state index in [0.29, 0.717) is 31.0 Å². The molecule has 0 aliphatic carbocycles. The standard InChI is InChI=1S/C25H35N3O5S/c1-6-33-23-14-12-22(13-15-23)28(34(5,31)32)16-8-11-24(29)27(20(3)25(30)26-4)18-21-10-7-9-19(2)17-21/h7,9-10,12-15,17,20H,6,8,11,16,18H2,1-5H3,(H,26,30)/t20-/m1/s1. The van der Waals surface area contributed by atoms with E-state index in [0.717, 1.165) is 17.4 Å². The first-order valence-electron chi connectivity index (χ1n) is 11.3. The van der Waals surface area contributed by atoms with Gasteiger partial charge in [0.15, 0.2) is 0 Å². The normalized spacial score (nSPS) is 12.0. The predicted octanol–water partition coefficient (Wildman–Crippen LogP) is 3.10. The lowest BCUT2D eigenvalue weighted by Crippen LogP contribution is -2.46. The van der Waals surface area contributed by atoms with E-state index in [2.05, 4.69) is 5.32 Å². The summed E-state index contributed by atoms with van der Waals surface area (Å²) in [6.07, 6.45) is 1.56. The van der Waals surface area contributed by atoms with E-state index in [9.17, 15) is 18.0 Å². The topological polar surface area (TPSA) is 96.0 Å². The van der Waals surface area contributed by atoms with Crippen molar-refractivity contribution in [1.29, 1.82) is 0 Å². The van der Waals surface area contributed by atoms with E-state index in [4.69, 9.17) is 4.74 Å². The van der Waals surface area contributed by atoms with E-state index in [1.807, 2.05) is 38.1 Å². The van der Waals surface area contributed by atoms with Crippen molar-refractivity contribution < 1.29 is 22.7 Å². The average molecular weight is 490 g/mol. The lowest BCUT2D eigenvalue weighted by molar-refractivity contribution is -0.140. The van der Waals surface area contributed by atoms with Gasteiger partial charge in [-0.2, -0.15) is 0 Å². The van der Waals surface area contributed by atoms with Crippen molar-refractivity contribution in [3.8, 4) is 5.75 Å². The van der Waals surface area contributed by atoms with Gasteiger partial charge in [0, 0.05) is 26.6 Å². The maximum Gasteiger partial charge on any atom is 0.242 e. The van der Waals surface area contributed by atoms with E-state index in [-0.39, 0.29) is 24.8 Å². The lowest BCUT2D eigenvalue weighted by atomic mass is 10.1. The van der Waals surface area contributed by atoms with Gasteiger partial charge in [0.05, 0.1) is 18.6 Å². The Labute approximate surface area is 202 Å². The average Bonchev–Trinajstić information content (AvgIpc) is 2.79. The first-order chi connectivity index (χ1) is 16.1. The molecule has 0 heterocycles. The second-order valence-electron chi connectivity index (χ2n) is 8.17. The Morgan fingerprint density at radius 2 is 1.79 bits per heavy atom. The third-order valence-corrected chi connectivity index (χ3v) is 6.63. The highest BCUT2D eigenvalue weighted by molar-refractivity contribution is 7.92. The van der Waals surface area contributed by atoms with Crippen LogP contribution in [-0.2, 0) is 26.2 Å². The molecule has 1 atom stereocenters. The summed E-state index contributed by atoms with van der Waals surface area (Å²) in [5, 5.41) is 2.60. The van der Waals surface area contributed by atoms with Crippen LogP contribution in [0.1, 0.15) is 37.8 Å². The minimum absolute atomic E-state index is 0.107. The number of benzene rings is 2. The van der Waals surface area contributed by atoms with Crippen LogP contribution in [0.2, 0.25) is 0 Å². The van der Waals surface area contributed by atoms with Crippen LogP contribution in [0.25, 0.3) is 0 Å². The van der Waals surface area contributed by atoms with Crippen molar-refractivity contribution in [3.63, 3.8) is 0 Å². The van der Waals surface area contributed by atoms with Crippen molar-refractivity contribution in [3.05, 3.63) is 59.7 Å². The smallest absolute Gasteiger partial charge is 0.242 e. The molecule has 8 nitrogen and oxygen atoms in total. The summed E-state index contributed by atoms with van der Waals surface area (Å²) in [5.74, 6) is 0.191. The summed E-state index contributed by atoms with van der Waals surface area (Å²) < 4.78 is 31.5. The number of likely N-dealkylation sites (N-methyl/N-ethyl adjacent to an activating group) is 1.